The first-order valence-corrected chi connectivity index (χ1v) is 10.2. The number of carbonyl (C=O) groups excluding carboxylic acids is 3. The van der Waals surface area contributed by atoms with Crippen molar-refractivity contribution in [3.63, 3.8) is 0 Å². The third kappa shape index (κ3) is 4.29. The largest absolute Gasteiger partial charge is 0.440 e. The summed E-state index contributed by atoms with van der Waals surface area (Å²) in [6.07, 6.45) is 0.304. The third-order valence-electron chi connectivity index (χ3n) is 5.98. The Morgan fingerprint density at radius 1 is 1.20 bits per heavy atom. The third-order valence-corrected chi connectivity index (χ3v) is 5.98. The molecule has 6 nitrogen and oxygen atoms in total. The summed E-state index contributed by atoms with van der Waals surface area (Å²) in [4.78, 5) is 38.1. The fourth-order valence-corrected chi connectivity index (χ4v) is 4.21. The Labute approximate surface area is 173 Å². The number of nitrogens with zero attached hydrogens (tertiary/aromatic N) is 1. The van der Waals surface area contributed by atoms with E-state index in [9.17, 15) is 27.6 Å². The molecule has 0 bridgehead atoms. The highest BCUT2D eigenvalue weighted by molar-refractivity contribution is 6.09. The van der Waals surface area contributed by atoms with Crippen LogP contribution in [0.2, 0.25) is 0 Å². The standard InChI is InChI=1S/C21H26F3N3O3/c1-14(16-10-6-3-7-11-16)27-18(29)20(21(22,23)24,26-19(27)30)25-17(28)13-12-15-8-4-2-5-9-15/h3,6-7,10-11,14-15H,2,4-5,8-9,12-13H2,1H3,(H,25,28)(H,26,30)/t14-,20+/m1/s1. The van der Waals surface area contributed by atoms with Gasteiger partial charge in [0.15, 0.2) is 0 Å². The fraction of sp³-hybridized carbons (Fsp3) is 0.571. The molecule has 1 heterocycles. The highest BCUT2D eigenvalue weighted by Gasteiger charge is 2.69. The van der Waals surface area contributed by atoms with E-state index in [4.69, 9.17) is 0 Å². The molecule has 0 unspecified atom stereocenters. The number of nitrogens with one attached hydrogen (secondary N) is 2. The predicted octanol–water partition coefficient (Wildman–Crippen LogP) is 4.03. The van der Waals surface area contributed by atoms with E-state index >= 15 is 0 Å². The van der Waals surface area contributed by atoms with E-state index in [1.165, 1.54) is 6.92 Å². The summed E-state index contributed by atoms with van der Waals surface area (Å²) in [6.45, 7) is 1.46. The van der Waals surface area contributed by atoms with Crippen LogP contribution in [0.5, 0.6) is 0 Å². The Balaban J connectivity index is 1.77. The lowest BCUT2D eigenvalue weighted by molar-refractivity contribution is -0.204. The van der Waals surface area contributed by atoms with Gasteiger partial charge in [-0.05, 0) is 24.8 Å². The summed E-state index contributed by atoms with van der Waals surface area (Å²) in [5, 5.41) is 3.51. The molecule has 164 valence electrons. The van der Waals surface area contributed by atoms with Crippen LogP contribution in [0.4, 0.5) is 18.0 Å². The van der Waals surface area contributed by atoms with Crippen molar-refractivity contribution in [3.8, 4) is 0 Å². The van der Waals surface area contributed by atoms with Gasteiger partial charge in [-0.25, -0.2) is 4.79 Å². The van der Waals surface area contributed by atoms with Gasteiger partial charge in [0.25, 0.3) is 11.6 Å². The van der Waals surface area contributed by atoms with Gasteiger partial charge >= 0.3 is 12.2 Å². The first-order valence-electron chi connectivity index (χ1n) is 10.2. The van der Waals surface area contributed by atoms with Crippen molar-refractivity contribution in [2.45, 2.75) is 69.8 Å². The van der Waals surface area contributed by atoms with Gasteiger partial charge in [-0.2, -0.15) is 13.2 Å². The van der Waals surface area contributed by atoms with Gasteiger partial charge in [0, 0.05) is 6.42 Å². The predicted molar refractivity (Wildman–Crippen MR) is 103 cm³/mol. The molecule has 1 aliphatic carbocycles. The van der Waals surface area contributed by atoms with Crippen LogP contribution in [-0.4, -0.2) is 34.6 Å². The second-order valence-corrected chi connectivity index (χ2v) is 8.03. The summed E-state index contributed by atoms with van der Waals surface area (Å²) in [7, 11) is 0. The molecule has 0 spiro atoms. The lowest BCUT2D eigenvalue weighted by Crippen LogP contribution is -2.69. The zero-order valence-electron chi connectivity index (χ0n) is 16.8. The molecular formula is C21H26F3N3O3. The van der Waals surface area contributed by atoms with E-state index in [1.54, 1.807) is 41.0 Å². The van der Waals surface area contributed by atoms with E-state index in [2.05, 4.69) is 0 Å². The summed E-state index contributed by atoms with van der Waals surface area (Å²) in [5.41, 5.74) is -2.95. The number of hydrogen-bond donors (Lipinski definition) is 2. The molecule has 1 saturated heterocycles. The minimum Gasteiger partial charge on any atom is -0.318 e. The summed E-state index contributed by atoms with van der Waals surface area (Å²) >= 11 is 0. The molecule has 30 heavy (non-hydrogen) atoms. The average Bonchev–Trinajstić information content (AvgIpc) is 2.97. The van der Waals surface area contributed by atoms with Crippen LogP contribution in [-0.2, 0) is 9.59 Å². The van der Waals surface area contributed by atoms with Crippen molar-refractivity contribution in [2.24, 2.45) is 5.92 Å². The zero-order valence-corrected chi connectivity index (χ0v) is 16.8. The smallest absolute Gasteiger partial charge is 0.318 e. The normalized spacial score (nSPS) is 23.9. The number of carbonyl (C=O) groups is 3. The Hall–Kier alpha value is -2.58. The Morgan fingerprint density at radius 2 is 1.83 bits per heavy atom. The van der Waals surface area contributed by atoms with Crippen LogP contribution in [0, 0.1) is 5.92 Å². The molecule has 0 aromatic heterocycles. The monoisotopic (exact) mass is 425 g/mol. The number of benzene rings is 1. The first-order chi connectivity index (χ1) is 14.2. The maximum Gasteiger partial charge on any atom is 0.440 e. The second kappa shape index (κ2) is 8.65. The van der Waals surface area contributed by atoms with Gasteiger partial charge < -0.3 is 5.32 Å². The van der Waals surface area contributed by atoms with Crippen molar-refractivity contribution in [3.05, 3.63) is 35.9 Å². The molecule has 2 fully saturated rings. The molecule has 0 radical (unpaired) electrons. The molecular weight excluding hydrogens is 399 g/mol. The van der Waals surface area contributed by atoms with Crippen molar-refractivity contribution >= 4 is 17.8 Å². The van der Waals surface area contributed by atoms with Crippen LogP contribution in [0.15, 0.2) is 30.3 Å². The van der Waals surface area contributed by atoms with Gasteiger partial charge in [-0.15, -0.1) is 0 Å². The van der Waals surface area contributed by atoms with Crippen molar-refractivity contribution in [1.82, 2.24) is 15.5 Å². The van der Waals surface area contributed by atoms with Gasteiger partial charge in [0.05, 0.1) is 6.04 Å². The highest BCUT2D eigenvalue weighted by Crippen LogP contribution is 2.37. The lowest BCUT2D eigenvalue weighted by Gasteiger charge is -2.31. The van der Waals surface area contributed by atoms with Crippen LogP contribution >= 0.6 is 0 Å². The number of rotatable bonds is 6. The van der Waals surface area contributed by atoms with Gasteiger partial charge in [-0.1, -0.05) is 62.4 Å². The highest BCUT2D eigenvalue weighted by atomic mass is 19.4. The molecule has 1 aliphatic heterocycles. The minimum atomic E-state index is -5.19. The average molecular weight is 425 g/mol. The quantitative estimate of drug-likeness (QED) is 0.676. The zero-order chi connectivity index (χ0) is 21.9. The summed E-state index contributed by atoms with van der Waals surface area (Å²) in [6, 6.07) is 6.14. The van der Waals surface area contributed by atoms with Crippen LogP contribution in [0.3, 0.4) is 0 Å². The number of halogens is 3. The van der Waals surface area contributed by atoms with Crippen molar-refractivity contribution in [1.29, 1.82) is 0 Å². The molecule has 1 aromatic carbocycles. The first kappa shape index (κ1) is 22.1. The lowest BCUT2D eigenvalue weighted by atomic mass is 9.86. The van der Waals surface area contributed by atoms with Crippen LogP contribution < -0.4 is 10.6 Å². The molecule has 9 heteroatoms. The molecule has 3 rings (SSSR count). The Morgan fingerprint density at radius 3 is 2.43 bits per heavy atom. The van der Waals surface area contributed by atoms with E-state index in [-0.39, 0.29) is 6.42 Å². The Bertz CT molecular complexity index is 794. The molecule has 1 aromatic rings. The fourth-order valence-electron chi connectivity index (χ4n) is 4.21. The number of imide groups is 1. The van der Waals surface area contributed by atoms with E-state index in [0.717, 1.165) is 32.1 Å². The van der Waals surface area contributed by atoms with Crippen molar-refractivity contribution in [2.75, 3.05) is 0 Å². The van der Waals surface area contributed by atoms with E-state index in [1.807, 2.05) is 0 Å². The SMILES string of the molecule is C[C@H](c1ccccc1)N1C(=O)N[C@](NC(=O)CCC2CCCCC2)(C(F)(F)F)C1=O. The molecule has 4 amide bonds. The van der Waals surface area contributed by atoms with Gasteiger partial charge in [0.1, 0.15) is 0 Å². The maximum atomic E-state index is 14.0. The number of hydrogen-bond acceptors (Lipinski definition) is 3. The van der Waals surface area contributed by atoms with Gasteiger partial charge in [0.2, 0.25) is 5.91 Å². The van der Waals surface area contributed by atoms with Gasteiger partial charge in [-0.3, -0.25) is 19.8 Å². The molecule has 2 N–H and O–H groups in total. The number of amides is 4. The maximum absolute atomic E-state index is 14.0. The number of urea groups is 1. The van der Waals surface area contributed by atoms with Crippen LogP contribution in [0.1, 0.15) is 63.5 Å². The number of alkyl halides is 3. The van der Waals surface area contributed by atoms with Crippen LogP contribution in [0.25, 0.3) is 0 Å². The molecule has 2 atom stereocenters. The van der Waals surface area contributed by atoms with Crippen molar-refractivity contribution < 1.29 is 27.6 Å². The topological polar surface area (TPSA) is 78.5 Å². The summed E-state index contributed by atoms with van der Waals surface area (Å²) in [5.74, 6) is -2.13. The van der Waals surface area contributed by atoms with E-state index < -0.39 is 35.7 Å². The molecule has 2 aliphatic rings. The molecule has 1 saturated carbocycles. The Kier molecular flexibility index (Phi) is 6.38. The minimum absolute atomic E-state index is 0.125. The summed E-state index contributed by atoms with van der Waals surface area (Å²) < 4.78 is 41.9. The van der Waals surface area contributed by atoms with E-state index in [0.29, 0.717) is 22.8 Å². The second-order valence-electron chi connectivity index (χ2n) is 8.03.